The van der Waals surface area contributed by atoms with E-state index in [0.717, 1.165) is 61.6 Å². The number of halogens is 1. The van der Waals surface area contributed by atoms with E-state index in [2.05, 4.69) is 24.9 Å². The number of aliphatic hydroxyl groups excluding tert-OH is 2. The second-order valence-corrected chi connectivity index (χ2v) is 18.4. The topological polar surface area (TPSA) is 148 Å². The van der Waals surface area contributed by atoms with E-state index < -0.39 is 29.9 Å². The average Bonchev–Trinajstić information content (AvgIpc) is 3.32. The predicted octanol–water partition coefficient (Wildman–Crippen LogP) is 11.6. The molecule has 0 saturated heterocycles. The van der Waals surface area contributed by atoms with Gasteiger partial charge in [0.05, 0.1) is 24.1 Å². The van der Waals surface area contributed by atoms with Gasteiger partial charge in [-0.25, -0.2) is 9.59 Å². The van der Waals surface area contributed by atoms with Crippen molar-refractivity contribution in [2.45, 2.75) is 154 Å². The first-order valence-electron chi connectivity index (χ1n) is 25.0. The number of ether oxygens (including phenoxy) is 4. The Hall–Kier alpha value is -4.10. The third-order valence-corrected chi connectivity index (χ3v) is 13.4. The highest BCUT2D eigenvalue weighted by molar-refractivity contribution is 6.18. The van der Waals surface area contributed by atoms with Crippen molar-refractivity contribution in [2.24, 2.45) is 22.9 Å². The smallest absolute Gasteiger partial charge is 0.412 e. The van der Waals surface area contributed by atoms with Crippen LogP contribution < -0.4 is 14.8 Å². The van der Waals surface area contributed by atoms with Gasteiger partial charge >= 0.3 is 12.2 Å². The minimum absolute atomic E-state index is 0.00632. The van der Waals surface area contributed by atoms with Crippen molar-refractivity contribution in [3.63, 3.8) is 0 Å². The lowest BCUT2D eigenvalue weighted by atomic mass is 9.55. The minimum atomic E-state index is -1.44. The van der Waals surface area contributed by atoms with E-state index in [1.165, 1.54) is 44.9 Å². The Morgan fingerprint density at radius 2 is 1.64 bits per heavy atom. The number of rotatable bonds is 31. The molecule has 3 N–H and O–H groups in total. The number of hydrogen-bond donors (Lipinski definition) is 3. The Balaban J connectivity index is 1.55. The molecule has 66 heavy (non-hydrogen) atoms. The van der Waals surface area contributed by atoms with Crippen molar-refractivity contribution in [2.75, 3.05) is 45.4 Å². The molecule has 2 aliphatic carbocycles. The maximum Gasteiger partial charge on any atom is 0.412 e. The molecule has 1 saturated carbocycles. The fraction of sp³-hybridized carbons (Fsp3) is 0.642. The summed E-state index contributed by atoms with van der Waals surface area (Å²) in [5.74, 6) is -1.08. The number of amides is 2. The number of benzene rings is 2. The van der Waals surface area contributed by atoms with Gasteiger partial charge in [0.25, 0.3) is 0 Å². The van der Waals surface area contributed by atoms with Crippen molar-refractivity contribution >= 4 is 29.5 Å². The van der Waals surface area contributed by atoms with Crippen LogP contribution in [0.25, 0.3) is 0 Å². The second kappa shape index (κ2) is 28.9. The molecule has 0 unspecified atom stereocenters. The quantitative estimate of drug-likeness (QED) is 0.0291. The van der Waals surface area contributed by atoms with Gasteiger partial charge in [0.2, 0.25) is 5.79 Å². The summed E-state index contributed by atoms with van der Waals surface area (Å²) in [5, 5.41) is 27.8. The monoisotopic (exact) mass is 936 g/mol. The van der Waals surface area contributed by atoms with Gasteiger partial charge in [0.15, 0.2) is 0 Å². The summed E-state index contributed by atoms with van der Waals surface area (Å²) in [6.07, 6.45) is 20.4. The molecule has 0 aromatic heterocycles. The van der Waals surface area contributed by atoms with Gasteiger partial charge in [0.1, 0.15) is 30.8 Å². The zero-order chi connectivity index (χ0) is 47.0. The number of nitrogens with one attached hydrogen (secondary N) is 1. The number of aliphatic hydroxyl groups is 2. The van der Waals surface area contributed by atoms with Crippen LogP contribution >= 0.6 is 11.6 Å². The maximum atomic E-state index is 14.2. The Bertz CT molecular complexity index is 1830. The van der Waals surface area contributed by atoms with Crippen molar-refractivity contribution in [3.8, 4) is 11.5 Å². The van der Waals surface area contributed by atoms with Gasteiger partial charge < -0.3 is 39.3 Å². The fourth-order valence-electron chi connectivity index (χ4n) is 10.2. The lowest BCUT2D eigenvalue weighted by molar-refractivity contribution is -0.255. The van der Waals surface area contributed by atoms with Gasteiger partial charge in [-0.1, -0.05) is 132 Å². The van der Waals surface area contributed by atoms with E-state index in [1.54, 1.807) is 17.0 Å². The van der Waals surface area contributed by atoms with Crippen LogP contribution in [0.1, 0.15) is 146 Å². The molecule has 12 nitrogen and oxygen atoms in total. The molecular weight excluding hydrogens is 858 g/mol. The number of fused-ring (bicyclic) bond motifs is 2. The van der Waals surface area contributed by atoms with Gasteiger partial charge in [-0.15, -0.1) is 18.2 Å². The van der Waals surface area contributed by atoms with Crippen LogP contribution in [0.2, 0.25) is 0 Å². The molecule has 13 heteroatoms. The number of oxime groups is 1. The molecule has 366 valence electrons. The van der Waals surface area contributed by atoms with Crippen LogP contribution in [-0.4, -0.2) is 90.2 Å². The molecule has 1 heterocycles. The second-order valence-electron chi connectivity index (χ2n) is 18.0. The van der Waals surface area contributed by atoms with Gasteiger partial charge in [-0.05, 0) is 79.7 Å². The van der Waals surface area contributed by atoms with Crippen LogP contribution in [0.5, 0.6) is 11.5 Å². The Labute approximate surface area is 399 Å². The van der Waals surface area contributed by atoms with E-state index in [-0.39, 0.29) is 63.1 Å². The fourth-order valence-corrected chi connectivity index (χ4v) is 10.3. The SMILES string of the molecule is C=CCO[C@@]12Oc3ccc(OC(=O)NCCCCCCCCCCCC)cc3[C@H]3[C@H](CCCCO)[C@@H](CCCCO)C=C(C(=NOCc4ccccc4)C[C@@H]1N(CCC)C(=O)OCCCl)[C@H]32. The summed E-state index contributed by atoms with van der Waals surface area (Å²) in [5.41, 5.74) is 3.42. The van der Waals surface area contributed by atoms with E-state index in [0.29, 0.717) is 49.6 Å². The Morgan fingerprint density at radius 3 is 2.32 bits per heavy atom. The van der Waals surface area contributed by atoms with Crippen molar-refractivity contribution in [3.05, 3.63) is 84.0 Å². The lowest BCUT2D eigenvalue weighted by Gasteiger charge is -2.59. The Kier molecular flexibility index (Phi) is 23.2. The number of nitrogens with zero attached hydrogens (tertiary/aromatic N) is 2. The minimum Gasteiger partial charge on any atom is -0.459 e. The third kappa shape index (κ3) is 14.7. The van der Waals surface area contributed by atoms with Crippen LogP contribution in [0.4, 0.5) is 9.59 Å². The van der Waals surface area contributed by atoms with E-state index >= 15 is 0 Å². The van der Waals surface area contributed by atoms with Crippen LogP contribution in [0.15, 0.2) is 78.0 Å². The van der Waals surface area contributed by atoms with Crippen LogP contribution in [0, 0.1) is 17.8 Å². The molecule has 0 bridgehead atoms. The third-order valence-electron chi connectivity index (χ3n) is 13.3. The van der Waals surface area contributed by atoms with E-state index in [1.807, 2.05) is 49.4 Å². The molecule has 6 atom stereocenters. The average molecular weight is 937 g/mol. The molecule has 1 aliphatic heterocycles. The van der Waals surface area contributed by atoms with Crippen LogP contribution in [-0.2, 0) is 20.9 Å². The first-order chi connectivity index (χ1) is 32.3. The predicted molar refractivity (Wildman–Crippen MR) is 261 cm³/mol. The zero-order valence-electron chi connectivity index (χ0n) is 39.8. The highest BCUT2D eigenvalue weighted by Crippen LogP contribution is 2.62. The Morgan fingerprint density at radius 1 is 0.924 bits per heavy atom. The molecule has 2 aromatic carbocycles. The van der Waals surface area contributed by atoms with Crippen molar-refractivity contribution in [1.82, 2.24) is 10.2 Å². The normalized spacial score (nSPS) is 22.3. The van der Waals surface area contributed by atoms with E-state index in [9.17, 15) is 19.8 Å². The zero-order valence-corrected chi connectivity index (χ0v) is 40.5. The first kappa shape index (κ1) is 52.9. The summed E-state index contributed by atoms with van der Waals surface area (Å²) in [4.78, 5) is 35.4. The van der Waals surface area contributed by atoms with Crippen LogP contribution in [0.3, 0.4) is 0 Å². The number of carbonyl (C=O) groups is 2. The molecule has 3 aliphatic rings. The van der Waals surface area contributed by atoms with Gasteiger partial charge in [0, 0.05) is 44.2 Å². The number of alkyl halides is 1. The van der Waals surface area contributed by atoms with Gasteiger partial charge in [-0.2, -0.15) is 0 Å². The molecular formula is C53H78ClN3O9. The molecule has 5 rings (SSSR count). The summed E-state index contributed by atoms with van der Waals surface area (Å²) < 4.78 is 26.1. The van der Waals surface area contributed by atoms with E-state index in [4.69, 9.17) is 40.5 Å². The first-order valence-corrected chi connectivity index (χ1v) is 25.6. The maximum absolute atomic E-state index is 14.2. The number of hydrogen-bond acceptors (Lipinski definition) is 10. The molecule has 2 amide bonds. The highest BCUT2D eigenvalue weighted by atomic mass is 35.5. The van der Waals surface area contributed by atoms with Crippen molar-refractivity contribution in [1.29, 1.82) is 0 Å². The standard InChI is InChI=1S/C53H78ClN3O9/c1-4-7-8-9-10-11-12-13-14-20-30-55-51(60)65-42-27-28-47-45(37-42)49-43(26-19-22-33-59)41(25-18-21-32-58)36-44-46(56-64-39-40-23-16-15-17-24-40)38-48(53(66-47,50(44)49)63-34-6-3)57(31-5-2)52(61)62-35-29-54/h6,15-17,23-24,27-28,36-37,41,43,48-50,58-59H,3-5,7-14,18-22,25-26,29-35,38-39H2,1-2H3,(H,55,60)/t41-,43+,48-,49+,50+,53+/m0/s1. The number of unbranched alkanes of at least 4 members (excludes halogenated alkanes) is 11. The number of allylic oxidation sites excluding steroid dienone is 1. The largest absolute Gasteiger partial charge is 0.459 e. The number of carbonyl (C=O) groups excluding carboxylic acids is 2. The summed E-state index contributed by atoms with van der Waals surface area (Å²) >= 11 is 6.05. The molecule has 2 aromatic rings. The summed E-state index contributed by atoms with van der Waals surface area (Å²) in [6, 6.07) is 14.6. The highest BCUT2D eigenvalue weighted by Gasteiger charge is 2.65. The molecule has 0 radical (unpaired) electrons. The van der Waals surface area contributed by atoms with Gasteiger partial charge in [-0.3, -0.25) is 4.90 Å². The summed E-state index contributed by atoms with van der Waals surface area (Å²) in [7, 11) is 0. The van der Waals surface area contributed by atoms with Crippen molar-refractivity contribution < 1.29 is 43.6 Å². The molecule has 1 fully saturated rings. The lowest BCUT2D eigenvalue weighted by Crippen LogP contribution is -2.70. The molecule has 0 spiro atoms. The summed E-state index contributed by atoms with van der Waals surface area (Å²) in [6.45, 7) is 9.73.